The highest BCUT2D eigenvalue weighted by Crippen LogP contribution is 2.23. The van der Waals surface area contributed by atoms with Crippen LogP contribution in [0.5, 0.6) is 0 Å². The Bertz CT molecular complexity index is 780. The minimum Gasteiger partial charge on any atom is -0.382 e. The average Bonchev–Trinajstić information content (AvgIpc) is 2.59. The van der Waals surface area contributed by atoms with Gasteiger partial charge in [0.1, 0.15) is 0 Å². The number of rotatable bonds is 8. The van der Waals surface area contributed by atoms with Crippen LogP contribution >= 0.6 is 0 Å². The molecule has 5 nitrogen and oxygen atoms in total. The Labute approximate surface area is 156 Å². The number of anilines is 2. The molecule has 2 aromatic heterocycles. The molecule has 0 radical (unpaired) electrons. The van der Waals surface area contributed by atoms with Crippen LogP contribution in [0.15, 0.2) is 41.9 Å². The first-order chi connectivity index (χ1) is 12.4. The van der Waals surface area contributed by atoms with Gasteiger partial charge in [0.2, 0.25) is 0 Å². The molecule has 0 atom stereocenters. The van der Waals surface area contributed by atoms with Gasteiger partial charge in [-0.1, -0.05) is 13.3 Å². The van der Waals surface area contributed by atoms with Gasteiger partial charge in [-0.05, 0) is 63.5 Å². The predicted octanol–water partition coefficient (Wildman–Crippen LogP) is 5.04. The molecule has 0 amide bonds. The number of nitrogens with zero attached hydrogens (tertiary/aromatic N) is 4. The fourth-order valence-corrected chi connectivity index (χ4v) is 2.84. The van der Waals surface area contributed by atoms with Gasteiger partial charge in [-0.15, -0.1) is 0 Å². The maximum atomic E-state index is 4.63. The second kappa shape index (κ2) is 9.13. The molecule has 0 unspecified atom stereocenters. The monoisotopic (exact) mass is 351 g/mol. The maximum Gasteiger partial charge on any atom is 0.0704 e. The number of pyridine rings is 2. The lowest BCUT2D eigenvalue weighted by Crippen LogP contribution is -2.11. The van der Waals surface area contributed by atoms with Crippen molar-refractivity contribution < 1.29 is 0 Å². The van der Waals surface area contributed by atoms with Gasteiger partial charge in [0.15, 0.2) is 0 Å². The Morgan fingerprint density at radius 3 is 2.73 bits per heavy atom. The Morgan fingerprint density at radius 1 is 1.35 bits per heavy atom. The maximum absolute atomic E-state index is 4.63. The summed E-state index contributed by atoms with van der Waals surface area (Å²) in [5, 5.41) is 9.31. The molecule has 2 heterocycles. The van der Waals surface area contributed by atoms with Crippen molar-refractivity contribution in [1.82, 2.24) is 9.97 Å². The van der Waals surface area contributed by atoms with Crippen molar-refractivity contribution in [1.29, 1.82) is 0 Å². The molecule has 2 rings (SSSR count). The summed E-state index contributed by atoms with van der Waals surface area (Å²) in [4.78, 5) is 9.03. The summed E-state index contributed by atoms with van der Waals surface area (Å²) in [6.07, 6.45) is 7.66. The number of aromatic nitrogens is 2. The molecule has 0 fully saturated rings. The number of nitrogens with one attached hydrogen (secondary N) is 1. The number of aryl methyl sites for hydroxylation is 2. The van der Waals surface area contributed by atoms with Crippen LogP contribution in [0.3, 0.4) is 0 Å². The Hall–Kier alpha value is -2.69. The molecular formula is C21H29N5. The molecule has 0 saturated carbocycles. The molecule has 0 aliphatic rings. The molecule has 0 aromatic carbocycles. The molecule has 0 aliphatic carbocycles. The smallest absolute Gasteiger partial charge is 0.0704 e. The summed E-state index contributed by atoms with van der Waals surface area (Å²) >= 11 is 0. The third-order valence-electron chi connectivity index (χ3n) is 3.95. The normalized spacial score (nSPS) is 11.5. The number of hydrogen-bond acceptors (Lipinski definition) is 5. The first-order valence-corrected chi connectivity index (χ1v) is 9.07. The summed E-state index contributed by atoms with van der Waals surface area (Å²) in [5.74, 6) is 0. The van der Waals surface area contributed by atoms with Gasteiger partial charge in [-0.3, -0.25) is 9.97 Å². The molecule has 0 bridgehead atoms. The molecule has 5 heteroatoms. The van der Waals surface area contributed by atoms with Crippen molar-refractivity contribution in [2.45, 2.75) is 53.5 Å². The molecule has 0 saturated heterocycles. The Morgan fingerprint density at radius 2 is 2.12 bits per heavy atom. The zero-order valence-electron chi connectivity index (χ0n) is 16.5. The van der Waals surface area contributed by atoms with Gasteiger partial charge in [-0.2, -0.15) is 5.10 Å². The van der Waals surface area contributed by atoms with Gasteiger partial charge in [0.05, 0.1) is 23.3 Å². The van der Waals surface area contributed by atoms with E-state index in [0.29, 0.717) is 6.04 Å². The average molecular weight is 351 g/mol. The van der Waals surface area contributed by atoms with E-state index in [1.54, 1.807) is 5.01 Å². The number of allylic oxidation sites excluding steroid dienone is 1. The van der Waals surface area contributed by atoms with Crippen LogP contribution in [-0.2, 0) is 6.42 Å². The van der Waals surface area contributed by atoms with Crippen molar-refractivity contribution in [2.24, 2.45) is 5.10 Å². The lowest BCUT2D eigenvalue weighted by molar-refractivity contribution is 0.880. The van der Waals surface area contributed by atoms with Crippen molar-refractivity contribution in [2.75, 3.05) is 10.3 Å². The van der Waals surface area contributed by atoms with Crippen LogP contribution in [0, 0.1) is 6.92 Å². The highest BCUT2D eigenvalue weighted by Gasteiger charge is 2.09. The summed E-state index contributed by atoms with van der Waals surface area (Å²) < 4.78 is 0. The first kappa shape index (κ1) is 19.6. The fourth-order valence-electron chi connectivity index (χ4n) is 2.84. The van der Waals surface area contributed by atoms with Gasteiger partial charge in [-0.25, -0.2) is 5.01 Å². The molecule has 2 aromatic rings. The largest absolute Gasteiger partial charge is 0.382 e. The standard InChI is InChI=1S/C21H29N5/c1-7-8-18-12-20(9-10-23-18)26(22-6)14-17(5)21-16(4)11-19(13-24-21)25-15(2)3/h9-15,25H,6-8H2,1-5H3/b17-14+. The van der Waals surface area contributed by atoms with Gasteiger partial charge < -0.3 is 5.32 Å². The van der Waals surface area contributed by atoms with Gasteiger partial charge in [0.25, 0.3) is 0 Å². The van der Waals surface area contributed by atoms with Gasteiger partial charge >= 0.3 is 0 Å². The SMILES string of the molecule is C=NN(/C=C(\C)c1ncc(NC(C)C)cc1C)c1ccnc(CCC)c1. The molecule has 138 valence electrons. The minimum atomic E-state index is 0.378. The molecule has 0 aliphatic heterocycles. The highest BCUT2D eigenvalue weighted by molar-refractivity contribution is 5.68. The van der Waals surface area contributed by atoms with Gasteiger partial charge in [0, 0.05) is 30.9 Å². The topological polar surface area (TPSA) is 53.4 Å². The molecular weight excluding hydrogens is 322 g/mol. The second-order valence-corrected chi connectivity index (χ2v) is 6.74. The van der Waals surface area contributed by atoms with Crippen LogP contribution in [0.1, 0.15) is 51.1 Å². The fraction of sp³-hybridized carbons (Fsp3) is 0.381. The van der Waals surface area contributed by atoms with E-state index in [1.807, 2.05) is 31.6 Å². The van der Waals surface area contributed by atoms with E-state index < -0.39 is 0 Å². The zero-order valence-corrected chi connectivity index (χ0v) is 16.5. The predicted molar refractivity (Wildman–Crippen MR) is 112 cm³/mol. The van der Waals surface area contributed by atoms with Crippen molar-refractivity contribution in [3.8, 4) is 0 Å². The third-order valence-corrected chi connectivity index (χ3v) is 3.95. The zero-order chi connectivity index (χ0) is 19.1. The quantitative estimate of drug-likeness (QED) is 0.535. The summed E-state index contributed by atoms with van der Waals surface area (Å²) in [6.45, 7) is 14.2. The van der Waals surface area contributed by atoms with E-state index in [-0.39, 0.29) is 0 Å². The van der Waals surface area contributed by atoms with Crippen molar-refractivity contribution in [3.05, 3.63) is 53.7 Å². The highest BCUT2D eigenvalue weighted by atomic mass is 15.4. The summed E-state index contributed by atoms with van der Waals surface area (Å²) in [5.41, 5.74) is 6.15. The minimum absolute atomic E-state index is 0.378. The Kier molecular flexibility index (Phi) is 6.89. The van der Waals surface area contributed by atoms with Crippen LogP contribution in [0.2, 0.25) is 0 Å². The van der Waals surface area contributed by atoms with Crippen molar-refractivity contribution >= 4 is 23.7 Å². The lowest BCUT2D eigenvalue weighted by atomic mass is 10.1. The van der Waals surface area contributed by atoms with Crippen LogP contribution < -0.4 is 10.3 Å². The summed E-state index contributed by atoms with van der Waals surface area (Å²) in [7, 11) is 0. The van der Waals surface area contributed by atoms with Crippen LogP contribution in [0.4, 0.5) is 11.4 Å². The Balaban J connectivity index is 2.28. The van der Waals surface area contributed by atoms with E-state index in [0.717, 1.165) is 46.7 Å². The van der Waals surface area contributed by atoms with E-state index in [1.165, 1.54) is 0 Å². The van der Waals surface area contributed by atoms with E-state index in [2.05, 4.69) is 66.9 Å². The van der Waals surface area contributed by atoms with E-state index >= 15 is 0 Å². The first-order valence-electron chi connectivity index (χ1n) is 9.07. The summed E-state index contributed by atoms with van der Waals surface area (Å²) in [6, 6.07) is 6.49. The molecule has 1 N–H and O–H groups in total. The van der Waals surface area contributed by atoms with E-state index in [4.69, 9.17) is 0 Å². The number of hydrogen-bond donors (Lipinski definition) is 1. The number of hydrazone groups is 1. The van der Waals surface area contributed by atoms with Crippen LogP contribution in [0.25, 0.3) is 5.57 Å². The third kappa shape index (κ3) is 5.15. The van der Waals surface area contributed by atoms with E-state index in [9.17, 15) is 0 Å². The molecule has 26 heavy (non-hydrogen) atoms. The van der Waals surface area contributed by atoms with Crippen LogP contribution in [-0.4, -0.2) is 22.7 Å². The molecule has 0 spiro atoms. The lowest BCUT2D eigenvalue weighted by Gasteiger charge is -2.17. The second-order valence-electron chi connectivity index (χ2n) is 6.74. The van der Waals surface area contributed by atoms with Crippen molar-refractivity contribution in [3.63, 3.8) is 0 Å².